The number of hydrogen-bond donors (Lipinski definition) is 3. The van der Waals surface area contributed by atoms with E-state index >= 15 is 0 Å². The van der Waals surface area contributed by atoms with E-state index in [1.165, 1.54) is 57.8 Å². The van der Waals surface area contributed by atoms with Gasteiger partial charge < -0.3 is 20.5 Å². The lowest BCUT2D eigenvalue weighted by atomic mass is 9.64. The minimum Gasteiger partial charge on any atom is -0.480 e. The molecule has 3 N–H and O–H groups in total. The summed E-state index contributed by atoms with van der Waals surface area (Å²) in [7, 11) is 0. The highest BCUT2D eigenvalue weighted by Gasteiger charge is 2.43. The second kappa shape index (κ2) is 12.6. The third kappa shape index (κ3) is 6.63. The van der Waals surface area contributed by atoms with Crippen LogP contribution in [0.4, 0.5) is 0 Å². The second-order valence-corrected chi connectivity index (χ2v) is 13.2. The van der Waals surface area contributed by atoms with E-state index in [2.05, 4.69) is 22.7 Å². The second-order valence-electron chi connectivity index (χ2n) is 13.2. The standard InChI is InChI=1S/C31H50N4O4/c1-2-30(19-24-12-9-13-25(18-24)20-30)34-27(36)26-21-33-35(28(26)39-22-23-10-5-3-6-11-23)17-16-32-31(29(37)38)14-7-4-8-15-31/h21,23-25,32H,2-20,22H2,1H3,(H,34,36)(H,37,38). The minimum atomic E-state index is -0.860. The first-order chi connectivity index (χ1) is 18.9. The van der Waals surface area contributed by atoms with E-state index in [9.17, 15) is 14.7 Å². The van der Waals surface area contributed by atoms with Crippen molar-refractivity contribution in [3.8, 4) is 5.88 Å². The monoisotopic (exact) mass is 542 g/mol. The molecule has 2 bridgehead atoms. The number of rotatable bonds is 11. The number of fused-ring (bicyclic) bond motifs is 2. The number of nitrogens with zero attached hydrogens (tertiary/aromatic N) is 2. The quantitative estimate of drug-likeness (QED) is 0.331. The maximum Gasteiger partial charge on any atom is 0.323 e. The Morgan fingerprint density at radius 1 is 1.03 bits per heavy atom. The summed E-state index contributed by atoms with van der Waals surface area (Å²) in [6.45, 7) is 3.74. The molecule has 39 heavy (non-hydrogen) atoms. The molecule has 1 aromatic heterocycles. The van der Waals surface area contributed by atoms with Gasteiger partial charge in [-0.2, -0.15) is 5.10 Å². The van der Waals surface area contributed by atoms with Gasteiger partial charge in [-0.25, -0.2) is 4.68 Å². The largest absolute Gasteiger partial charge is 0.480 e. The van der Waals surface area contributed by atoms with Crippen LogP contribution in [0, 0.1) is 17.8 Å². The van der Waals surface area contributed by atoms with Crippen molar-refractivity contribution in [3.63, 3.8) is 0 Å². The molecule has 0 aromatic carbocycles. The first kappa shape index (κ1) is 28.4. The number of amides is 1. The molecule has 8 heteroatoms. The van der Waals surface area contributed by atoms with Crippen molar-refractivity contribution < 1.29 is 19.4 Å². The third-order valence-electron chi connectivity index (χ3n) is 10.4. The summed E-state index contributed by atoms with van der Waals surface area (Å²) in [4.78, 5) is 25.9. The molecule has 4 saturated carbocycles. The Morgan fingerprint density at radius 3 is 2.38 bits per heavy atom. The van der Waals surface area contributed by atoms with Crippen LogP contribution in [0.1, 0.15) is 126 Å². The normalized spacial score (nSPS) is 29.1. The molecule has 8 nitrogen and oxygen atoms in total. The van der Waals surface area contributed by atoms with Gasteiger partial charge in [0.2, 0.25) is 5.88 Å². The molecule has 1 aromatic rings. The fourth-order valence-electron chi connectivity index (χ4n) is 8.16. The van der Waals surface area contributed by atoms with E-state index in [4.69, 9.17) is 4.74 Å². The first-order valence-corrected chi connectivity index (χ1v) is 15.9. The highest BCUT2D eigenvalue weighted by Crippen LogP contribution is 2.46. The molecule has 2 atom stereocenters. The Bertz CT molecular complexity index is 967. The van der Waals surface area contributed by atoms with Gasteiger partial charge in [-0.15, -0.1) is 0 Å². The SMILES string of the molecule is CCC1(NC(=O)c2cnn(CCNC3(C(=O)O)CCCCC3)c2OCC2CCCCC2)CC2CCCC(C2)C1. The summed E-state index contributed by atoms with van der Waals surface area (Å²) in [5.74, 6) is 1.64. The Balaban J connectivity index is 1.30. The molecule has 4 fully saturated rings. The average Bonchev–Trinajstić information content (AvgIpc) is 3.35. The fourth-order valence-corrected chi connectivity index (χ4v) is 8.16. The predicted molar refractivity (Wildman–Crippen MR) is 151 cm³/mol. The number of carboxylic acids is 1. The van der Waals surface area contributed by atoms with Crippen LogP contribution < -0.4 is 15.4 Å². The molecule has 218 valence electrons. The van der Waals surface area contributed by atoms with E-state index < -0.39 is 11.5 Å². The maximum absolute atomic E-state index is 13.8. The van der Waals surface area contributed by atoms with Crippen molar-refractivity contribution in [2.24, 2.45) is 17.8 Å². The Hall–Kier alpha value is -2.09. The van der Waals surface area contributed by atoms with Crippen molar-refractivity contribution in [1.29, 1.82) is 0 Å². The van der Waals surface area contributed by atoms with Gasteiger partial charge in [-0.05, 0) is 69.1 Å². The molecular weight excluding hydrogens is 492 g/mol. The van der Waals surface area contributed by atoms with Gasteiger partial charge >= 0.3 is 5.97 Å². The highest BCUT2D eigenvalue weighted by atomic mass is 16.5. The van der Waals surface area contributed by atoms with Crippen LogP contribution in [0.2, 0.25) is 0 Å². The smallest absolute Gasteiger partial charge is 0.323 e. The number of hydrogen-bond acceptors (Lipinski definition) is 5. The van der Waals surface area contributed by atoms with Crippen molar-refractivity contribution in [3.05, 3.63) is 11.8 Å². The van der Waals surface area contributed by atoms with E-state index in [1.54, 1.807) is 10.9 Å². The van der Waals surface area contributed by atoms with Crippen LogP contribution in [-0.4, -0.2) is 51.0 Å². The number of nitrogens with one attached hydrogen (secondary N) is 2. The van der Waals surface area contributed by atoms with Crippen LogP contribution in [0.15, 0.2) is 6.20 Å². The van der Waals surface area contributed by atoms with Crippen molar-refractivity contribution in [2.75, 3.05) is 13.2 Å². The summed E-state index contributed by atoms with van der Waals surface area (Å²) < 4.78 is 8.19. The molecule has 5 rings (SSSR count). The van der Waals surface area contributed by atoms with Crippen molar-refractivity contribution in [1.82, 2.24) is 20.4 Å². The van der Waals surface area contributed by atoms with Gasteiger partial charge in [0.15, 0.2) is 0 Å². The number of carbonyl (C=O) groups is 2. The molecule has 0 aliphatic heterocycles. The third-order valence-corrected chi connectivity index (χ3v) is 10.4. The lowest BCUT2D eigenvalue weighted by Gasteiger charge is -2.47. The van der Waals surface area contributed by atoms with E-state index in [0.717, 1.165) is 50.4 Å². The Kier molecular flexibility index (Phi) is 9.20. The molecule has 0 saturated heterocycles. The van der Waals surface area contributed by atoms with Gasteiger partial charge in [0, 0.05) is 12.1 Å². The van der Waals surface area contributed by atoms with E-state index in [-0.39, 0.29) is 11.4 Å². The molecule has 1 amide bonds. The van der Waals surface area contributed by atoms with Crippen LogP contribution >= 0.6 is 0 Å². The van der Waals surface area contributed by atoms with Gasteiger partial charge in [-0.1, -0.05) is 64.7 Å². The summed E-state index contributed by atoms with van der Waals surface area (Å²) in [6.07, 6.45) is 20.3. The number of aromatic nitrogens is 2. The zero-order valence-corrected chi connectivity index (χ0v) is 24.0. The molecule has 0 radical (unpaired) electrons. The number of carboxylic acid groups (broad SMARTS) is 1. The summed E-state index contributed by atoms with van der Waals surface area (Å²) in [5, 5.41) is 21.4. The molecule has 0 spiro atoms. The fraction of sp³-hybridized carbons (Fsp3) is 0.839. The van der Waals surface area contributed by atoms with Crippen LogP contribution in [0.25, 0.3) is 0 Å². The predicted octanol–water partition coefficient (Wildman–Crippen LogP) is 5.70. The highest BCUT2D eigenvalue weighted by molar-refractivity contribution is 5.96. The number of carbonyl (C=O) groups excluding carboxylic acids is 1. The first-order valence-electron chi connectivity index (χ1n) is 15.9. The summed E-state index contributed by atoms with van der Waals surface area (Å²) in [6, 6.07) is 0. The molecular formula is C31H50N4O4. The molecule has 2 unspecified atom stereocenters. The van der Waals surface area contributed by atoms with Crippen molar-refractivity contribution in [2.45, 2.75) is 134 Å². The van der Waals surface area contributed by atoms with Crippen molar-refractivity contribution >= 4 is 11.9 Å². The van der Waals surface area contributed by atoms with Gasteiger partial charge in [0.25, 0.3) is 5.91 Å². The Morgan fingerprint density at radius 2 is 1.72 bits per heavy atom. The lowest BCUT2D eigenvalue weighted by molar-refractivity contribution is -0.146. The number of aliphatic carboxylic acids is 1. The summed E-state index contributed by atoms with van der Waals surface area (Å²) in [5.41, 5.74) is -0.495. The van der Waals surface area contributed by atoms with E-state index in [1.807, 2.05) is 0 Å². The number of ether oxygens (including phenoxy) is 1. The maximum atomic E-state index is 13.8. The zero-order chi connectivity index (χ0) is 27.3. The van der Waals surface area contributed by atoms with E-state index in [0.29, 0.717) is 49.9 Å². The van der Waals surface area contributed by atoms with Gasteiger partial charge in [0.05, 0.1) is 19.3 Å². The van der Waals surface area contributed by atoms with Crippen LogP contribution in [0.3, 0.4) is 0 Å². The average molecular weight is 543 g/mol. The van der Waals surface area contributed by atoms with Crippen LogP contribution in [-0.2, 0) is 11.3 Å². The minimum absolute atomic E-state index is 0.0797. The topological polar surface area (TPSA) is 105 Å². The molecule has 1 heterocycles. The van der Waals surface area contributed by atoms with Gasteiger partial charge in [0.1, 0.15) is 11.1 Å². The van der Waals surface area contributed by atoms with Gasteiger partial charge in [-0.3, -0.25) is 9.59 Å². The lowest BCUT2D eigenvalue weighted by Crippen LogP contribution is -2.54. The zero-order valence-electron chi connectivity index (χ0n) is 24.0. The summed E-state index contributed by atoms with van der Waals surface area (Å²) >= 11 is 0. The Labute approximate surface area is 234 Å². The molecule has 4 aliphatic rings. The molecule has 4 aliphatic carbocycles. The van der Waals surface area contributed by atoms with Crippen LogP contribution in [0.5, 0.6) is 5.88 Å².